The van der Waals surface area contributed by atoms with Crippen LogP contribution in [0.5, 0.6) is 5.75 Å². The van der Waals surface area contributed by atoms with Crippen LogP contribution < -0.4 is 4.74 Å². The van der Waals surface area contributed by atoms with Crippen molar-refractivity contribution in [2.24, 2.45) is 5.41 Å². The Bertz CT molecular complexity index is 1500. The number of nitrogens with zero attached hydrogens (tertiary/aromatic N) is 3. The fourth-order valence-electron chi connectivity index (χ4n) is 7.20. The van der Waals surface area contributed by atoms with E-state index in [2.05, 4.69) is 55.1 Å². The van der Waals surface area contributed by atoms with E-state index in [0.29, 0.717) is 18.5 Å². The van der Waals surface area contributed by atoms with Gasteiger partial charge in [-0.25, -0.2) is 9.78 Å². The van der Waals surface area contributed by atoms with E-state index in [4.69, 9.17) is 19.2 Å². The van der Waals surface area contributed by atoms with Gasteiger partial charge in [-0.2, -0.15) is 0 Å². The van der Waals surface area contributed by atoms with Crippen LogP contribution in [-0.4, -0.2) is 72.5 Å². The summed E-state index contributed by atoms with van der Waals surface area (Å²) in [6, 6.07) is 12.9. The Morgan fingerprint density at radius 3 is 2.51 bits per heavy atom. The molecular weight excluding hydrogens is 582 g/mol. The van der Waals surface area contributed by atoms with E-state index in [1.807, 2.05) is 20.8 Å². The Morgan fingerprint density at radius 1 is 1.00 bits per heavy atom. The summed E-state index contributed by atoms with van der Waals surface area (Å²) in [6.45, 7) is 17.3. The minimum Gasteiger partial charge on any atom is -0.493 e. The van der Waals surface area contributed by atoms with Gasteiger partial charge in [0.25, 0.3) is 0 Å². The monoisotopic (exact) mass is 631 g/mol. The molecule has 3 aliphatic heterocycles. The number of piperidine rings is 1. The number of aromatic nitrogens is 1. The third-order valence-electron chi connectivity index (χ3n) is 9.69. The van der Waals surface area contributed by atoms with Crippen molar-refractivity contribution in [3.8, 4) is 27.4 Å². The van der Waals surface area contributed by atoms with Crippen molar-refractivity contribution in [1.29, 1.82) is 0 Å². The van der Waals surface area contributed by atoms with Gasteiger partial charge in [-0.15, -0.1) is 11.3 Å². The zero-order valence-electron chi connectivity index (χ0n) is 27.7. The van der Waals surface area contributed by atoms with E-state index in [0.717, 1.165) is 66.1 Å². The molecular formula is C37H49N3O4S. The highest BCUT2D eigenvalue weighted by molar-refractivity contribution is 7.15. The molecule has 1 spiro atoms. The fraction of sp³-hybridized carbons (Fsp3) is 0.568. The third kappa shape index (κ3) is 7.39. The maximum absolute atomic E-state index is 12.7. The Morgan fingerprint density at radius 2 is 1.73 bits per heavy atom. The molecule has 8 heteroatoms. The Kier molecular flexibility index (Phi) is 9.55. The lowest BCUT2D eigenvalue weighted by atomic mass is 9.74. The van der Waals surface area contributed by atoms with Gasteiger partial charge in [-0.05, 0) is 107 Å². The zero-order valence-corrected chi connectivity index (χ0v) is 28.6. The first kappa shape index (κ1) is 32.0. The maximum atomic E-state index is 12.7. The Labute approximate surface area is 272 Å². The molecule has 2 aromatic carbocycles. The van der Waals surface area contributed by atoms with Crippen LogP contribution in [0.25, 0.3) is 21.7 Å². The van der Waals surface area contributed by atoms with Crippen LogP contribution in [0.4, 0.5) is 4.79 Å². The molecule has 0 N–H and O–H groups in total. The van der Waals surface area contributed by atoms with Crippen molar-refractivity contribution in [1.82, 2.24) is 14.8 Å². The number of carbonyl (C=O) groups is 1. The molecule has 6 rings (SSSR count). The van der Waals surface area contributed by atoms with Crippen LogP contribution in [-0.2, 0) is 22.4 Å². The molecule has 45 heavy (non-hydrogen) atoms. The zero-order chi connectivity index (χ0) is 31.6. The second-order valence-electron chi connectivity index (χ2n) is 14.1. The smallest absolute Gasteiger partial charge is 0.410 e. The SMILES string of the molecule is Cc1c(OCCCN2CCCC3(CCOCC3)C2)cccc1-c1cccc(-c2nc3c(s2)CN(C(=O)OC(C)(C)C)CC3)c1C. The molecule has 0 radical (unpaired) electrons. The second kappa shape index (κ2) is 13.4. The summed E-state index contributed by atoms with van der Waals surface area (Å²) in [5.41, 5.74) is 6.99. The lowest BCUT2D eigenvalue weighted by Gasteiger charge is -2.45. The third-order valence-corrected chi connectivity index (χ3v) is 10.8. The van der Waals surface area contributed by atoms with Crippen LogP contribution in [0.2, 0.25) is 0 Å². The Balaban J connectivity index is 1.11. The van der Waals surface area contributed by atoms with E-state index in [1.54, 1.807) is 16.2 Å². The number of rotatable bonds is 7. The molecule has 0 aliphatic carbocycles. The molecule has 2 fully saturated rings. The first-order chi connectivity index (χ1) is 21.6. The lowest BCUT2D eigenvalue weighted by Crippen LogP contribution is -2.46. The highest BCUT2D eigenvalue weighted by Crippen LogP contribution is 2.40. The van der Waals surface area contributed by atoms with Gasteiger partial charge in [0.05, 0.1) is 18.8 Å². The van der Waals surface area contributed by atoms with E-state index in [1.165, 1.54) is 61.0 Å². The van der Waals surface area contributed by atoms with Crippen molar-refractivity contribution >= 4 is 17.4 Å². The highest BCUT2D eigenvalue weighted by Gasteiger charge is 2.36. The molecule has 0 bridgehead atoms. The van der Waals surface area contributed by atoms with Gasteiger partial charge in [0, 0.05) is 49.7 Å². The van der Waals surface area contributed by atoms with Gasteiger partial charge < -0.3 is 24.0 Å². The first-order valence-electron chi connectivity index (χ1n) is 16.7. The number of hydrogen-bond acceptors (Lipinski definition) is 7. The number of likely N-dealkylation sites (tertiary alicyclic amines) is 1. The largest absolute Gasteiger partial charge is 0.493 e. The molecule has 1 aromatic heterocycles. The van der Waals surface area contributed by atoms with E-state index in [-0.39, 0.29) is 6.09 Å². The van der Waals surface area contributed by atoms with Crippen LogP contribution in [0.1, 0.15) is 74.6 Å². The minimum absolute atomic E-state index is 0.256. The minimum atomic E-state index is -0.504. The molecule has 3 aromatic rings. The number of ether oxygens (including phenoxy) is 3. The van der Waals surface area contributed by atoms with Crippen molar-refractivity contribution in [2.75, 3.05) is 46.0 Å². The molecule has 0 unspecified atom stereocenters. The highest BCUT2D eigenvalue weighted by atomic mass is 32.1. The predicted molar refractivity (Wildman–Crippen MR) is 181 cm³/mol. The summed E-state index contributed by atoms with van der Waals surface area (Å²) in [5, 5.41) is 1.01. The molecule has 4 heterocycles. The number of benzene rings is 2. The summed E-state index contributed by atoms with van der Waals surface area (Å²) < 4.78 is 17.7. The molecule has 242 valence electrons. The molecule has 7 nitrogen and oxygen atoms in total. The van der Waals surface area contributed by atoms with Gasteiger partial charge in [-0.1, -0.05) is 30.3 Å². The van der Waals surface area contributed by atoms with Gasteiger partial charge in [0.15, 0.2) is 0 Å². The summed E-state index contributed by atoms with van der Waals surface area (Å²) >= 11 is 1.69. The van der Waals surface area contributed by atoms with Crippen molar-refractivity contribution < 1.29 is 19.0 Å². The maximum Gasteiger partial charge on any atom is 0.410 e. The molecule has 0 atom stereocenters. The topological polar surface area (TPSA) is 64.1 Å². The van der Waals surface area contributed by atoms with Crippen LogP contribution in [0, 0.1) is 19.3 Å². The summed E-state index contributed by atoms with van der Waals surface area (Å²) in [6.07, 6.45) is 6.60. The average molecular weight is 632 g/mol. The lowest BCUT2D eigenvalue weighted by molar-refractivity contribution is -0.0279. The van der Waals surface area contributed by atoms with Crippen LogP contribution in [0.3, 0.4) is 0 Å². The normalized spacial score (nSPS) is 18.6. The number of thiazole rings is 1. The summed E-state index contributed by atoms with van der Waals surface area (Å²) in [7, 11) is 0. The quantitative estimate of drug-likeness (QED) is 0.246. The molecule has 0 saturated carbocycles. The van der Waals surface area contributed by atoms with Crippen molar-refractivity contribution in [3.05, 3.63) is 58.1 Å². The van der Waals surface area contributed by atoms with E-state index in [9.17, 15) is 4.79 Å². The Hall–Kier alpha value is -2.94. The number of fused-ring (bicyclic) bond motifs is 1. The van der Waals surface area contributed by atoms with Gasteiger partial charge in [-0.3, -0.25) is 0 Å². The fourth-order valence-corrected chi connectivity index (χ4v) is 8.40. The average Bonchev–Trinajstić information content (AvgIpc) is 3.43. The van der Waals surface area contributed by atoms with Crippen LogP contribution >= 0.6 is 11.3 Å². The number of amides is 1. The molecule has 2 saturated heterocycles. The van der Waals surface area contributed by atoms with E-state index < -0.39 is 5.60 Å². The first-order valence-corrected chi connectivity index (χ1v) is 17.5. The predicted octanol–water partition coefficient (Wildman–Crippen LogP) is 8.05. The van der Waals surface area contributed by atoms with E-state index >= 15 is 0 Å². The van der Waals surface area contributed by atoms with Crippen LogP contribution in [0.15, 0.2) is 36.4 Å². The number of hydrogen-bond donors (Lipinski definition) is 0. The van der Waals surface area contributed by atoms with Crippen molar-refractivity contribution in [2.45, 2.75) is 85.3 Å². The number of carbonyl (C=O) groups excluding carboxylic acids is 1. The van der Waals surface area contributed by atoms with Gasteiger partial charge >= 0.3 is 6.09 Å². The van der Waals surface area contributed by atoms with Gasteiger partial charge in [0.2, 0.25) is 0 Å². The standard InChI is InChI=1S/C37H49N3O4S/c1-26-28(10-6-12-30(26)34-38-31-14-20-40(24-33(31)45-34)35(41)44-36(3,4)5)29-11-7-13-32(27(29)2)43-21-9-19-39-18-8-15-37(25-39)16-22-42-23-17-37/h6-7,10-13H,8-9,14-25H2,1-5H3. The van der Waals surface area contributed by atoms with Gasteiger partial charge in [0.1, 0.15) is 16.4 Å². The summed E-state index contributed by atoms with van der Waals surface area (Å²) in [4.78, 5) is 23.3. The summed E-state index contributed by atoms with van der Waals surface area (Å²) in [5.74, 6) is 0.962. The molecule has 1 amide bonds. The van der Waals surface area contributed by atoms with Crippen molar-refractivity contribution in [3.63, 3.8) is 0 Å². The molecule has 3 aliphatic rings. The second-order valence-corrected chi connectivity index (χ2v) is 15.2.